The lowest BCUT2D eigenvalue weighted by Gasteiger charge is -2.31. The van der Waals surface area contributed by atoms with E-state index >= 15 is 0 Å². The molecule has 1 atom stereocenters. The van der Waals surface area contributed by atoms with Gasteiger partial charge in [0.1, 0.15) is 0 Å². The Balaban J connectivity index is 2.91. The van der Waals surface area contributed by atoms with Crippen LogP contribution in [-0.2, 0) is 0 Å². The highest BCUT2D eigenvalue weighted by molar-refractivity contribution is 7.10. The Labute approximate surface area is 110 Å². The van der Waals surface area contributed by atoms with Gasteiger partial charge in [-0.15, -0.1) is 11.3 Å². The van der Waals surface area contributed by atoms with E-state index in [0.717, 1.165) is 10.4 Å². The zero-order valence-corrected chi connectivity index (χ0v) is 11.4. The molecule has 0 aromatic carbocycles. The second kappa shape index (κ2) is 6.54. The van der Waals surface area contributed by atoms with Crippen molar-refractivity contribution < 1.29 is 13.2 Å². The Morgan fingerprint density at radius 3 is 2.50 bits per heavy atom. The van der Waals surface area contributed by atoms with Gasteiger partial charge in [-0.25, -0.2) is 0 Å². The minimum Gasteiger partial charge on any atom is -0.329 e. The van der Waals surface area contributed by atoms with E-state index in [2.05, 4.69) is 0 Å². The first-order chi connectivity index (χ1) is 8.39. The van der Waals surface area contributed by atoms with E-state index in [0.29, 0.717) is 13.0 Å². The largest absolute Gasteiger partial charge is 0.401 e. The molecule has 1 rings (SSSR count). The van der Waals surface area contributed by atoms with Gasteiger partial charge >= 0.3 is 6.18 Å². The number of alkyl halides is 3. The number of rotatable bonds is 6. The number of halogens is 3. The van der Waals surface area contributed by atoms with E-state index in [-0.39, 0.29) is 12.6 Å². The fourth-order valence-corrected chi connectivity index (χ4v) is 3.09. The van der Waals surface area contributed by atoms with E-state index < -0.39 is 12.7 Å². The topological polar surface area (TPSA) is 29.3 Å². The van der Waals surface area contributed by atoms with E-state index in [1.165, 1.54) is 16.2 Å². The maximum atomic E-state index is 12.6. The molecule has 1 aromatic rings. The van der Waals surface area contributed by atoms with Crippen molar-refractivity contribution in [2.24, 2.45) is 5.73 Å². The highest BCUT2D eigenvalue weighted by Gasteiger charge is 2.34. The number of nitrogens with zero attached hydrogens (tertiary/aromatic N) is 1. The molecule has 104 valence electrons. The Morgan fingerprint density at radius 1 is 1.44 bits per heavy atom. The van der Waals surface area contributed by atoms with Crippen molar-refractivity contribution in [1.82, 2.24) is 4.90 Å². The van der Waals surface area contributed by atoms with Crippen LogP contribution in [0.15, 0.2) is 11.4 Å². The van der Waals surface area contributed by atoms with Crippen LogP contribution in [0, 0.1) is 6.92 Å². The summed E-state index contributed by atoms with van der Waals surface area (Å²) in [6.45, 7) is 3.49. The number of nitrogens with two attached hydrogens (primary N) is 1. The molecule has 0 saturated heterocycles. The van der Waals surface area contributed by atoms with Crippen molar-refractivity contribution >= 4 is 11.3 Å². The maximum Gasteiger partial charge on any atom is 0.401 e. The van der Waals surface area contributed by atoms with Gasteiger partial charge in [0.15, 0.2) is 0 Å². The Kier molecular flexibility index (Phi) is 5.62. The second-order valence-corrected chi connectivity index (χ2v) is 5.25. The molecule has 18 heavy (non-hydrogen) atoms. The molecule has 1 heterocycles. The van der Waals surface area contributed by atoms with Gasteiger partial charge in [-0.3, -0.25) is 4.90 Å². The van der Waals surface area contributed by atoms with Crippen molar-refractivity contribution in [2.45, 2.75) is 32.5 Å². The molecule has 1 unspecified atom stereocenters. The van der Waals surface area contributed by atoms with Crippen LogP contribution < -0.4 is 5.73 Å². The first-order valence-electron chi connectivity index (χ1n) is 5.94. The van der Waals surface area contributed by atoms with Crippen molar-refractivity contribution in [3.8, 4) is 0 Å². The van der Waals surface area contributed by atoms with Gasteiger partial charge in [-0.2, -0.15) is 13.2 Å². The summed E-state index contributed by atoms with van der Waals surface area (Å²) in [7, 11) is 0. The van der Waals surface area contributed by atoms with Crippen LogP contribution >= 0.6 is 11.3 Å². The van der Waals surface area contributed by atoms with Crippen LogP contribution in [0.5, 0.6) is 0 Å². The van der Waals surface area contributed by atoms with Gasteiger partial charge in [0.05, 0.1) is 12.6 Å². The fraction of sp³-hybridized carbons (Fsp3) is 0.667. The molecular formula is C12H19F3N2S. The lowest BCUT2D eigenvalue weighted by molar-refractivity contribution is -0.150. The molecule has 0 aliphatic rings. The minimum atomic E-state index is -4.19. The number of hydrogen-bond donors (Lipinski definition) is 1. The Morgan fingerprint density at radius 2 is 2.11 bits per heavy atom. The zero-order chi connectivity index (χ0) is 13.8. The number of hydrogen-bond acceptors (Lipinski definition) is 3. The molecule has 0 bridgehead atoms. The zero-order valence-electron chi connectivity index (χ0n) is 10.6. The first-order valence-corrected chi connectivity index (χ1v) is 6.81. The van der Waals surface area contributed by atoms with Crippen molar-refractivity contribution in [2.75, 3.05) is 19.6 Å². The van der Waals surface area contributed by atoms with Crippen LogP contribution in [0.25, 0.3) is 0 Å². The molecule has 0 aliphatic heterocycles. The molecule has 0 amide bonds. The molecule has 1 aromatic heterocycles. The molecule has 0 radical (unpaired) electrons. The maximum absolute atomic E-state index is 12.6. The van der Waals surface area contributed by atoms with Gasteiger partial charge in [-0.1, -0.05) is 6.92 Å². The third-order valence-electron chi connectivity index (χ3n) is 2.76. The summed E-state index contributed by atoms with van der Waals surface area (Å²) in [5.74, 6) is 0. The smallest absolute Gasteiger partial charge is 0.329 e. The predicted octanol–water partition coefficient (Wildman–Crippen LogP) is 3.33. The summed E-state index contributed by atoms with van der Waals surface area (Å²) in [5, 5.41) is 1.89. The Hall–Kier alpha value is -0.590. The third-order valence-corrected chi connectivity index (χ3v) is 3.88. The van der Waals surface area contributed by atoms with E-state index in [1.54, 1.807) is 0 Å². The van der Waals surface area contributed by atoms with Crippen molar-refractivity contribution in [3.05, 3.63) is 21.9 Å². The summed E-state index contributed by atoms with van der Waals surface area (Å²) >= 11 is 1.47. The molecule has 0 saturated carbocycles. The van der Waals surface area contributed by atoms with E-state index in [1.807, 2.05) is 25.3 Å². The van der Waals surface area contributed by atoms with Gasteiger partial charge in [-0.05, 0) is 36.9 Å². The lowest BCUT2D eigenvalue weighted by Crippen LogP contribution is -2.40. The summed E-state index contributed by atoms with van der Waals surface area (Å²) in [6.07, 6.45) is -3.51. The van der Waals surface area contributed by atoms with Crippen LogP contribution in [0.3, 0.4) is 0 Å². The Bertz CT molecular complexity index is 362. The van der Waals surface area contributed by atoms with Crippen LogP contribution in [-0.4, -0.2) is 30.7 Å². The molecular weight excluding hydrogens is 261 g/mol. The number of aryl methyl sites for hydroxylation is 1. The highest BCUT2D eigenvalue weighted by atomic mass is 32.1. The van der Waals surface area contributed by atoms with Crippen LogP contribution in [0.1, 0.15) is 29.8 Å². The SMILES string of the molecule is CCCN(CC(F)(F)F)C(CN)c1sccc1C. The van der Waals surface area contributed by atoms with E-state index in [4.69, 9.17) is 5.73 Å². The average Bonchev–Trinajstić information content (AvgIpc) is 2.64. The van der Waals surface area contributed by atoms with Crippen LogP contribution in [0.2, 0.25) is 0 Å². The molecule has 0 aliphatic carbocycles. The van der Waals surface area contributed by atoms with Crippen molar-refractivity contribution in [3.63, 3.8) is 0 Å². The van der Waals surface area contributed by atoms with Crippen molar-refractivity contribution in [1.29, 1.82) is 0 Å². The van der Waals surface area contributed by atoms with Gasteiger partial charge in [0.25, 0.3) is 0 Å². The number of thiophene rings is 1. The molecule has 2 nitrogen and oxygen atoms in total. The van der Waals surface area contributed by atoms with Crippen LogP contribution in [0.4, 0.5) is 13.2 Å². The lowest BCUT2D eigenvalue weighted by atomic mass is 10.1. The van der Waals surface area contributed by atoms with Gasteiger partial charge in [0, 0.05) is 11.4 Å². The second-order valence-electron chi connectivity index (χ2n) is 4.31. The first kappa shape index (κ1) is 15.5. The molecule has 2 N–H and O–H groups in total. The molecule has 0 spiro atoms. The highest BCUT2D eigenvalue weighted by Crippen LogP contribution is 2.30. The molecule has 0 fully saturated rings. The van der Waals surface area contributed by atoms with Gasteiger partial charge < -0.3 is 5.73 Å². The summed E-state index contributed by atoms with van der Waals surface area (Å²) < 4.78 is 37.8. The fourth-order valence-electron chi connectivity index (χ4n) is 2.01. The third kappa shape index (κ3) is 4.26. The molecule has 6 heteroatoms. The summed E-state index contributed by atoms with van der Waals surface area (Å²) in [5.41, 5.74) is 6.69. The predicted molar refractivity (Wildman–Crippen MR) is 68.8 cm³/mol. The average molecular weight is 280 g/mol. The minimum absolute atomic E-state index is 0.206. The standard InChI is InChI=1S/C12H19F3N2S/c1-3-5-17(8-12(13,14)15)10(7-16)11-9(2)4-6-18-11/h4,6,10H,3,5,7-8,16H2,1-2H3. The normalized spacial score (nSPS) is 14.2. The summed E-state index contributed by atoms with van der Waals surface area (Å²) in [4.78, 5) is 2.37. The monoisotopic (exact) mass is 280 g/mol. The quantitative estimate of drug-likeness (QED) is 0.866. The van der Waals surface area contributed by atoms with Gasteiger partial charge in [0.2, 0.25) is 0 Å². The van der Waals surface area contributed by atoms with E-state index in [9.17, 15) is 13.2 Å². The summed E-state index contributed by atoms with van der Waals surface area (Å²) in [6, 6.07) is 1.58.